The van der Waals surface area contributed by atoms with Crippen molar-refractivity contribution in [1.82, 2.24) is 9.03 Å². The number of aliphatic carboxylic acids is 1. The summed E-state index contributed by atoms with van der Waals surface area (Å²) in [7, 11) is -3.42. The van der Waals surface area contributed by atoms with Gasteiger partial charge in [0, 0.05) is 39.3 Å². The molecule has 0 aromatic heterocycles. The van der Waals surface area contributed by atoms with Crippen LogP contribution in [0.4, 0.5) is 0 Å². The fourth-order valence-corrected chi connectivity index (χ4v) is 5.63. The van der Waals surface area contributed by atoms with Gasteiger partial charge in [0.2, 0.25) is 0 Å². The standard InChI is InChI=1S/C20H20Cl4N2O4S/c21-14-4-3-12(17(23)9-14)8-13-11-26(7-1-2-19(27)28)31(29,30)25-20(13)16-6-5-15(22)10-18(16)24/h3-6,9-11,20,25,29-30H,1-2,7-8H2,(H,27,28). The summed E-state index contributed by atoms with van der Waals surface area (Å²) in [5, 5.41) is 10.7. The topological polar surface area (TPSA) is 93.0 Å². The maximum absolute atomic E-state index is 10.9. The van der Waals surface area contributed by atoms with E-state index in [1.54, 1.807) is 42.6 Å². The Kier molecular flexibility index (Phi) is 8.05. The van der Waals surface area contributed by atoms with Crippen LogP contribution in [0.15, 0.2) is 48.2 Å². The van der Waals surface area contributed by atoms with E-state index in [0.29, 0.717) is 32.1 Å². The van der Waals surface area contributed by atoms with Crippen LogP contribution in [-0.4, -0.2) is 31.0 Å². The van der Waals surface area contributed by atoms with E-state index in [9.17, 15) is 13.9 Å². The van der Waals surface area contributed by atoms with Crippen molar-refractivity contribution in [2.45, 2.75) is 25.3 Å². The number of hydrogen-bond donors (Lipinski definition) is 4. The van der Waals surface area contributed by atoms with E-state index in [4.69, 9.17) is 51.5 Å². The molecule has 1 heterocycles. The lowest BCUT2D eigenvalue weighted by molar-refractivity contribution is -0.137. The van der Waals surface area contributed by atoms with E-state index in [2.05, 4.69) is 4.72 Å². The molecule has 0 radical (unpaired) electrons. The van der Waals surface area contributed by atoms with Crippen molar-refractivity contribution in [3.05, 3.63) is 79.4 Å². The molecule has 1 unspecified atom stereocenters. The number of carboxylic acid groups (broad SMARTS) is 1. The predicted octanol–water partition coefficient (Wildman–Crippen LogP) is 6.82. The Morgan fingerprint density at radius 3 is 2.29 bits per heavy atom. The zero-order valence-corrected chi connectivity index (χ0v) is 19.9. The summed E-state index contributed by atoms with van der Waals surface area (Å²) < 4.78 is 25.6. The van der Waals surface area contributed by atoms with Gasteiger partial charge in [-0.15, -0.1) is 0 Å². The smallest absolute Gasteiger partial charge is 0.303 e. The number of halogens is 4. The minimum absolute atomic E-state index is 0.0926. The Morgan fingerprint density at radius 2 is 1.68 bits per heavy atom. The van der Waals surface area contributed by atoms with Gasteiger partial charge in [0.15, 0.2) is 0 Å². The van der Waals surface area contributed by atoms with Crippen molar-refractivity contribution in [2.75, 3.05) is 6.54 Å². The number of carbonyl (C=O) groups is 1. The second kappa shape index (κ2) is 10.2. The molecule has 4 N–H and O–H groups in total. The molecule has 0 saturated carbocycles. The van der Waals surface area contributed by atoms with Gasteiger partial charge >= 0.3 is 5.97 Å². The maximum atomic E-state index is 10.9. The second-order valence-electron chi connectivity index (χ2n) is 6.99. The SMILES string of the molecule is O=C(O)CCCN1C=C(Cc2ccc(Cl)cc2Cl)C(c2ccc(Cl)cc2Cl)NS1(O)O. The van der Waals surface area contributed by atoms with Crippen molar-refractivity contribution in [2.24, 2.45) is 0 Å². The monoisotopic (exact) mass is 524 g/mol. The molecule has 1 aliphatic heterocycles. The lowest BCUT2D eigenvalue weighted by atomic mass is 9.94. The van der Waals surface area contributed by atoms with Crippen LogP contribution >= 0.6 is 57.4 Å². The van der Waals surface area contributed by atoms with E-state index < -0.39 is 23.0 Å². The van der Waals surface area contributed by atoms with Crippen LogP contribution in [-0.2, 0) is 11.2 Å². The molecular weight excluding hydrogens is 506 g/mol. The van der Waals surface area contributed by atoms with Crippen LogP contribution in [0, 0.1) is 0 Å². The fraction of sp³-hybridized carbons (Fsp3) is 0.250. The Hall–Kier alpha value is -1.16. The third-order valence-corrected chi connectivity index (χ3v) is 7.38. The Bertz CT molecular complexity index is 1020. The first-order valence-electron chi connectivity index (χ1n) is 9.20. The van der Waals surface area contributed by atoms with Crippen LogP contribution in [0.3, 0.4) is 0 Å². The molecule has 0 aliphatic carbocycles. The molecule has 0 bridgehead atoms. The average molecular weight is 526 g/mol. The first-order valence-corrected chi connectivity index (χ1v) is 12.2. The van der Waals surface area contributed by atoms with Crippen LogP contribution in [0.5, 0.6) is 0 Å². The van der Waals surface area contributed by atoms with Gasteiger partial charge in [-0.3, -0.25) is 18.2 Å². The zero-order valence-electron chi connectivity index (χ0n) is 16.1. The number of carboxylic acids is 1. The number of hydrogen-bond acceptors (Lipinski definition) is 5. The van der Waals surface area contributed by atoms with Crippen LogP contribution < -0.4 is 4.72 Å². The van der Waals surface area contributed by atoms with Crippen molar-refractivity contribution < 1.29 is 19.0 Å². The molecule has 168 valence electrons. The first-order chi connectivity index (χ1) is 14.6. The second-order valence-corrected chi connectivity index (χ2v) is 10.4. The first kappa shape index (κ1) is 24.5. The van der Waals surface area contributed by atoms with Gasteiger partial charge < -0.3 is 5.11 Å². The Labute approximate surface area is 202 Å². The molecule has 1 aliphatic rings. The summed E-state index contributed by atoms with van der Waals surface area (Å²) in [4.78, 5) is 10.9. The number of rotatable bonds is 7. The average Bonchev–Trinajstić information content (AvgIpc) is 2.66. The van der Waals surface area contributed by atoms with Gasteiger partial charge in [-0.2, -0.15) is 4.72 Å². The van der Waals surface area contributed by atoms with Gasteiger partial charge in [0.1, 0.15) is 0 Å². The molecule has 0 saturated heterocycles. The van der Waals surface area contributed by atoms with E-state index in [1.165, 1.54) is 4.31 Å². The highest BCUT2D eigenvalue weighted by Crippen LogP contribution is 2.49. The van der Waals surface area contributed by atoms with Crippen molar-refractivity contribution in [3.8, 4) is 0 Å². The molecular formula is C20H20Cl4N2O4S. The highest BCUT2D eigenvalue weighted by molar-refractivity contribution is 8.20. The van der Waals surface area contributed by atoms with Crippen LogP contribution in [0.2, 0.25) is 20.1 Å². The Balaban J connectivity index is 2.00. The molecule has 0 spiro atoms. The van der Waals surface area contributed by atoms with Crippen LogP contribution in [0.1, 0.15) is 30.0 Å². The molecule has 0 amide bonds. The maximum Gasteiger partial charge on any atom is 0.303 e. The largest absolute Gasteiger partial charge is 0.481 e. The lowest BCUT2D eigenvalue weighted by Crippen LogP contribution is -2.41. The van der Waals surface area contributed by atoms with Gasteiger partial charge in [-0.1, -0.05) is 69.5 Å². The van der Waals surface area contributed by atoms with Crippen LogP contribution in [0.25, 0.3) is 0 Å². The van der Waals surface area contributed by atoms with Gasteiger partial charge in [0.05, 0.1) is 6.04 Å². The number of nitrogens with one attached hydrogen (secondary N) is 1. The number of nitrogens with zero attached hydrogens (tertiary/aromatic N) is 1. The van der Waals surface area contributed by atoms with Gasteiger partial charge in [-0.25, -0.2) is 0 Å². The summed E-state index contributed by atoms with van der Waals surface area (Å²) in [6.07, 6.45) is 2.15. The van der Waals surface area contributed by atoms with E-state index in [1.807, 2.05) is 0 Å². The van der Waals surface area contributed by atoms with Gasteiger partial charge in [0.25, 0.3) is 0 Å². The molecule has 31 heavy (non-hydrogen) atoms. The normalized spacial score (nSPS) is 19.1. The van der Waals surface area contributed by atoms with Gasteiger partial charge in [-0.05, 0) is 53.8 Å². The summed E-state index contributed by atoms with van der Waals surface area (Å²) >= 11 is 24.8. The molecule has 3 rings (SSSR count). The van der Waals surface area contributed by atoms with E-state index in [0.717, 1.165) is 11.1 Å². The number of benzene rings is 2. The molecule has 2 aromatic rings. The van der Waals surface area contributed by atoms with Crippen molar-refractivity contribution in [1.29, 1.82) is 0 Å². The molecule has 2 aromatic carbocycles. The minimum Gasteiger partial charge on any atom is -0.481 e. The molecule has 11 heteroatoms. The quantitative estimate of drug-likeness (QED) is 0.317. The summed E-state index contributed by atoms with van der Waals surface area (Å²) in [6, 6.07) is 9.50. The third kappa shape index (κ3) is 6.21. The highest BCUT2D eigenvalue weighted by atomic mass is 35.5. The van der Waals surface area contributed by atoms with E-state index in [-0.39, 0.29) is 19.4 Å². The summed E-state index contributed by atoms with van der Waals surface area (Å²) in [5.41, 5.74) is 2.17. The van der Waals surface area contributed by atoms with Crippen molar-refractivity contribution in [3.63, 3.8) is 0 Å². The fourth-order valence-electron chi connectivity index (χ4n) is 3.24. The molecule has 0 fully saturated rings. The highest BCUT2D eigenvalue weighted by Gasteiger charge is 2.34. The molecule has 1 atom stereocenters. The van der Waals surface area contributed by atoms with E-state index >= 15 is 0 Å². The summed E-state index contributed by atoms with van der Waals surface area (Å²) in [6.45, 7) is 0.139. The molecule has 6 nitrogen and oxygen atoms in total. The third-order valence-electron chi connectivity index (χ3n) is 4.74. The lowest BCUT2D eigenvalue weighted by Gasteiger charge is -2.49. The van der Waals surface area contributed by atoms with Crippen molar-refractivity contribution >= 4 is 63.3 Å². The summed E-state index contributed by atoms with van der Waals surface area (Å²) in [5.74, 6) is -0.954. The zero-order chi connectivity index (χ0) is 22.8. The minimum atomic E-state index is -3.42. The Morgan fingerprint density at radius 1 is 1.03 bits per heavy atom. The predicted molar refractivity (Wildman–Crippen MR) is 127 cm³/mol.